The van der Waals surface area contributed by atoms with Crippen LogP contribution in [0.5, 0.6) is 0 Å². The highest BCUT2D eigenvalue weighted by atomic mass is 16.6. The van der Waals surface area contributed by atoms with Gasteiger partial charge in [-0.15, -0.1) is 0 Å². The van der Waals surface area contributed by atoms with Crippen molar-refractivity contribution in [3.8, 4) is 0 Å². The molecule has 2 N–H and O–H groups in total. The van der Waals surface area contributed by atoms with E-state index in [1.54, 1.807) is 0 Å². The fraction of sp³-hybridized carbons (Fsp3) is 0.204. The monoisotopic (exact) mass is 800 g/mol. The van der Waals surface area contributed by atoms with Gasteiger partial charge in [0.15, 0.2) is 6.23 Å². The highest BCUT2D eigenvalue weighted by Crippen LogP contribution is 2.41. The molecule has 5 unspecified atom stereocenters. The summed E-state index contributed by atoms with van der Waals surface area (Å²) < 4.78 is 36.5. The number of amides is 2. The molecule has 0 bridgehead atoms. The molecule has 4 heterocycles. The fourth-order valence-electron chi connectivity index (χ4n) is 7.97. The Balaban J connectivity index is 1.17. The van der Waals surface area contributed by atoms with E-state index < -0.39 is 42.5 Å². The van der Waals surface area contributed by atoms with Crippen molar-refractivity contribution < 1.29 is 33.3 Å². The fourth-order valence-corrected chi connectivity index (χ4v) is 7.97. The summed E-state index contributed by atoms with van der Waals surface area (Å²) >= 11 is 0. The summed E-state index contributed by atoms with van der Waals surface area (Å²) in [5.74, 6) is -1.00. The molecule has 2 aliphatic rings. The SMILES string of the molecule is O=C1NC(=O)C(c2cn(C3OC(COCc4ccccc4)C(OCc4ccccc4)C(OCc4ccccc4)C3OCc3ccccc3)c3ccccc23)=C1c1cnc[nH]1. The number of carbonyl (C=O) groups is 2. The summed E-state index contributed by atoms with van der Waals surface area (Å²) in [5.41, 5.74) is 6.21. The normalized spacial score (nSPS) is 20.5. The molecule has 11 heteroatoms. The van der Waals surface area contributed by atoms with Crippen LogP contribution in [-0.2, 0) is 59.7 Å². The van der Waals surface area contributed by atoms with E-state index >= 15 is 0 Å². The lowest BCUT2D eigenvalue weighted by molar-refractivity contribution is -0.289. The molecule has 2 amide bonds. The molecule has 9 rings (SSSR count). The second-order valence-electron chi connectivity index (χ2n) is 14.8. The van der Waals surface area contributed by atoms with Gasteiger partial charge in [-0.25, -0.2) is 4.98 Å². The maximum absolute atomic E-state index is 13.7. The summed E-state index contributed by atoms with van der Waals surface area (Å²) in [6.45, 7) is 1.39. The minimum Gasteiger partial charge on any atom is -0.374 e. The first-order valence-electron chi connectivity index (χ1n) is 20.0. The van der Waals surface area contributed by atoms with E-state index in [-0.39, 0.29) is 31.0 Å². The first-order chi connectivity index (χ1) is 29.6. The van der Waals surface area contributed by atoms with Gasteiger partial charge >= 0.3 is 0 Å². The maximum atomic E-state index is 13.7. The average Bonchev–Trinajstić information content (AvgIpc) is 4.03. The Morgan fingerprint density at radius 1 is 0.583 bits per heavy atom. The molecule has 2 aliphatic heterocycles. The number of hydrogen-bond donors (Lipinski definition) is 2. The number of carbonyl (C=O) groups excluding carboxylic acids is 2. The topological polar surface area (TPSA) is 126 Å². The number of H-pyrrole nitrogens is 1. The zero-order valence-corrected chi connectivity index (χ0v) is 32.8. The molecule has 0 radical (unpaired) electrons. The number of aromatic nitrogens is 3. The van der Waals surface area contributed by atoms with Crippen LogP contribution in [0.4, 0.5) is 0 Å². The maximum Gasteiger partial charge on any atom is 0.261 e. The van der Waals surface area contributed by atoms with Crippen molar-refractivity contribution in [3.05, 3.63) is 198 Å². The van der Waals surface area contributed by atoms with Crippen LogP contribution in [0.3, 0.4) is 0 Å². The molecule has 5 atom stereocenters. The van der Waals surface area contributed by atoms with Gasteiger partial charge in [-0.3, -0.25) is 14.9 Å². The van der Waals surface area contributed by atoms with E-state index in [0.717, 1.165) is 33.2 Å². The molecule has 0 saturated carbocycles. The van der Waals surface area contributed by atoms with Crippen LogP contribution in [-0.4, -0.2) is 57.4 Å². The van der Waals surface area contributed by atoms with Gasteiger partial charge in [0, 0.05) is 17.1 Å². The predicted octanol–water partition coefficient (Wildman–Crippen LogP) is 7.80. The van der Waals surface area contributed by atoms with Gasteiger partial charge in [-0.1, -0.05) is 140 Å². The van der Waals surface area contributed by atoms with Crippen molar-refractivity contribution in [2.45, 2.75) is 57.1 Å². The Bertz CT molecular complexity index is 2540. The van der Waals surface area contributed by atoms with Gasteiger partial charge in [0.1, 0.15) is 24.4 Å². The van der Waals surface area contributed by atoms with Crippen molar-refractivity contribution in [2.75, 3.05) is 6.61 Å². The number of rotatable bonds is 16. The molecule has 1 saturated heterocycles. The number of fused-ring (bicyclic) bond motifs is 1. The summed E-state index contributed by atoms with van der Waals surface area (Å²) in [6.07, 6.45) is 1.37. The van der Waals surface area contributed by atoms with E-state index in [4.69, 9.17) is 23.7 Å². The van der Waals surface area contributed by atoms with E-state index in [9.17, 15) is 9.59 Å². The van der Waals surface area contributed by atoms with Crippen LogP contribution in [0.1, 0.15) is 39.7 Å². The highest BCUT2D eigenvalue weighted by molar-refractivity contribution is 6.49. The van der Waals surface area contributed by atoms with Crippen LogP contribution in [0.15, 0.2) is 164 Å². The van der Waals surface area contributed by atoms with Gasteiger partial charge in [-0.05, 0) is 28.3 Å². The van der Waals surface area contributed by atoms with E-state index in [0.29, 0.717) is 24.5 Å². The van der Waals surface area contributed by atoms with Crippen molar-refractivity contribution in [1.82, 2.24) is 19.9 Å². The Labute approximate surface area is 347 Å². The Morgan fingerprint density at radius 3 is 1.68 bits per heavy atom. The second kappa shape index (κ2) is 18.2. The van der Waals surface area contributed by atoms with Crippen LogP contribution in [0.25, 0.3) is 22.0 Å². The quantitative estimate of drug-likeness (QED) is 0.0950. The molecule has 60 heavy (non-hydrogen) atoms. The molecule has 0 spiro atoms. The molecule has 302 valence electrons. The van der Waals surface area contributed by atoms with Gasteiger partial charge in [0.05, 0.1) is 67.9 Å². The molecule has 7 aromatic rings. The number of nitrogens with zero attached hydrogens (tertiary/aromatic N) is 2. The zero-order valence-electron chi connectivity index (χ0n) is 32.8. The number of para-hydroxylation sites is 1. The van der Waals surface area contributed by atoms with Crippen molar-refractivity contribution in [3.63, 3.8) is 0 Å². The molecule has 5 aromatic carbocycles. The van der Waals surface area contributed by atoms with Crippen molar-refractivity contribution in [1.29, 1.82) is 0 Å². The van der Waals surface area contributed by atoms with Gasteiger partial charge in [-0.2, -0.15) is 0 Å². The van der Waals surface area contributed by atoms with Gasteiger partial charge < -0.3 is 33.2 Å². The smallest absolute Gasteiger partial charge is 0.261 e. The number of benzene rings is 5. The standard InChI is InChI=1S/C49H44N4O7/c54-47-42(43(48(55)52-47)39-25-50-32-51-39)38-26-53(40-24-14-13-23-37(38)40)49-46(59-30-36-21-11-4-12-22-36)45(58-29-35-19-9-3-10-20-35)44(57-28-34-17-7-2-8-18-34)41(60-49)31-56-27-33-15-5-1-6-16-33/h1-26,32,41,44-46,49H,27-31H2,(H,50,51)(H,52,54,55). The van der Waals surface area contributed by atoms with Crippen LogP contribution < -0.4 is 5.32 Å². The number of nitrogens with one attached hydrogen (secondary N) is 2. The van der Waals surface area contributed by atoms with E-state index in [1.807, 2.05) is 156 Å². The summed E-state index contributed by atoms with van der Waals surface area (Å²) in [7, 11) is 0. The van der Waals surface area contributed by atoms with E-state index in [2.05, 4.69) is 15.3 Å². The lowest BCUT2D eigenvalue weighted by Gasteiger charge is -2.46. The van der Waals surface area contributed by atoms with Crippen molar-refractivity contribution >= 4 is 33.9 Å². The summed E-state index contributed by atoms with van der Waals surface area (Å²) in [4.78, 5) is 34.2. The molecule has 11 nitrogen and oxygen atoms in total. The van der Waals surface area contributed by atoms with Crippen LogP contribution in [0.2, 0.25) is 0 Å². The molecule has 0 aliphatic carbocycles. The van der Waals surface area contributed by atoms with Gasteiger partial charge in [0.2, 0.25) is 0 Å². The van der Waals surface area contributed by atoms with Crippen LogP contribution >= 0.6 is 0 Å². The molecule has 1 fully saturated rings. The lowest BCUT2D eigenvalue weighted by Crippen LogP contribution is -2.59. The first-order valence-corrected chi connectivity index (χ1v) is 20.0. The van der Waals surface area contributed by atoms with E-state index in [1.165, 1.54) is 12.5 Å². The third kappa shape index (κ3) is 8.48. The first kappa shape index (κ1) is 39.0. The minimum absolute atomic E-state index is 0.180. The lowest BCUT2D eigenvalue weighted by atomic mass is 9.96. The third-order valence-corrected chi connectivity index (χ3v) is 10.8. The van der Waals surface area contributed by atoms with Crippen molar-refractivity contribution in [2.24, 2.45) is 0 Å². The average molecular weight is 801 g/mol. The third-order valence-electron chi connectivity index (χ3n) is 10.8. The Morgan fingerprint density at radius 2 is 1.10 bits per heavy atom. The second-order valence-corrected chi connectivity index (χ2v) is 14.8. The number of aromatic amines is 1. The molecular weight excluding hydrogens is 757 g/mol. The highest BCUT2D eigenvalue weighted by Gasteiger charge is 2.50. The predicted molar refractivity (Wildman–Crippen MR) is 226 cm³/mol. The largest absolute Gasteiger partial charge is 0.374 e. The molecular formula is C49H44N4O7. The minimum atomic E-state index is -0.814. The number of hydrogen-bond acceptors (Lipinski definition) is 8. The zero-order chi connectivity index (χ0) is 40.7. The number of imide groups is 1. The van der Waals surface area contributed by atoms with Gasteiger partial charge in [0.25, 0.3) is 11.8 Å². The number of ether oxygens (including phenoxy) is 5. The molecule has 2 aromatic heterocycles. The number of imidazole rings is 1. The summed E-state index contributed by atoms with van der Waals surface area (Å²) in [6, 6.07) is 47.7. The van der Waals surface area contributed by atoms with Crippen LogP contribution in [0, 0.1) is 0 Å². The summed E-state index contributed by atoms with van der Waals surface area (Å²) in [5, 5.41) is 3.25. The Kier molecular flexibility index (Phi) is 11.8. The Hall–Kier alpha value is -6.47.